The maximum atomic E-state index is 12.0. The van der Waals surface area contributed by atoms with Gasteiger partial charge in [0.1, 0.15) is 5.75 Å². The van der Waals surface area contributed by atoms with Gasteiger partial charge < -0.3 is 9.84 Å². The minimum Gasteiger partial charge on any atom is -0.406 e. The lowest BCUT2D eigenvalue weighted by molar-refractivity contribution is -0.274. The van der Waals surface area contributed by atoms with Crippen molar-refractivity contribution in [2.24, 2.45) is 0 Å². The van der Waals surface area contributed by atoms with Crippen molar-refractivity contribution in [3.8, 4) is 5.75 Å². The first-order valence-electron chi connectivity index (χ1n) is 5.92. The molecular formula is C13H13F3N2O2. The molecule has 1 unspecified atom stereocenters. The highest BCUT2D eigenvalue weighted by atomic mass is 19.4. The van der Waals surface area contributed by atoms with Gasteiger partial charge in [-0.15, -0.1) is 13.2 Å². The van der Waals surface area contributed by atoms with Crippen molar-refractivity contribution in [3.05, 3.63) is 48.3 Å². The topological polar surface area (TPSA) is 47.3 Å². The standard InChI is InChI=1S/C13H13F3N2O2/c14-13(15,16)20-12-4-2-10(3-5-12)8-11(9-19)18-7-1-6-17-18/h1-7,11,19H,8-9H2. The minimum absolute atomic E-state index is 0.109. The van der Waals surface area contributed by atoms with Crippen LogP contribution in [0.1, 0.15) is 11.6 Å². The molecule has 7 heteroatoms. The maximum Gasteiger partial charge on any atom is 0.573 e. The lowest BCUT2D eigenvalue weighted by Crippen LogP contribution is -2.17. The second-order valence-corrected chi connectivity index (χ2v) is 4.22. The summed E-state index contributed by atoms with van der Waals surface area (Å²) >= 11 is 0. The van der Waals surface area contributed by atoms with Crippen LogP contribution >= 0.6 is 0 Å². The van der Waals surface area contributed by atoms with Crippen molar-refractivity contribution < 1.29 is 23.0 Å². The quantitative estimate of drug-likeness (QED) is 0.919. The summed E-state index contributed by atoms with van der Waals surface area (Å²) in [6.45, 7) is -0.109. The number of ether oxygens (including phenoxy) is 1. The van der Waals surface area contributed by atoms with Gasteiger partial charge in [0.25, 0.3) is 0 Å². The van der Waals surface area contributed by atoms with Crippen LogP contribution in [0.5, 0.6) is 5.75 Å². The summed E-state index contributed by atoms with van der Waals surface area (Å²) in [7, 11) is 0. The molecule has 0 bridgehead atoms. The molecule has 2 aromatic rings. The second-order valence-electron chi connectivity index (χ2n) is 4.22. The fraction of sp³-hybridized carbons (Fsp3) is 0.308. The number of halogens is 3. The van der Waals surface area contributed by atoms with Crippen LogP contribution in [0.15, 0.2) is 42.7 Å². The summed E-state index contributed by atoms with van der Waals surface area (Å²) in [6, 6.07) is 7.06. The summed E-state index contributed by atoms with van der Waals surface area (Å²) in [6.07, 6.45) is -0.903. The monoisotopic (exact) mass is 286 g/mol. The van der Waals surface area contributed by atoms with Gasteiger partial charge >= 0.3 is 6.36 Å². The zero-order chi connectivity index (χ0) is 14.6. The second kappa shape index (κ2) is 5.96. The van der Waals surface area contributed by atoms with E-state index in [0.717, 1.165) is 5.56 Å². The predicted molar refractivity (Wildman–Crippen MR) is 65.2 cm³/mol. The summed E-state index contributed by atoms with van der Waals surface area (Å²) in [4.78, 5) is 0. The first kappa shape index (κ1) is 14.4. The van der Waals surface area contributed by atoms with E-state index in [0.29, 0.717) is 6.42 Å². The molecule has 0 radical (unpaired) electrons. The lowest BCUT2D eigenvalue weighted by atomic mass is 10.1. The van der Waals surface area contributed by atoms with E-state index in [2.05, 4.69) is 9.84 Å². The molecule has 0 saturated heterocycles. The van der Waals surface area contributed by atoms with E-state index in [9.17, 15) is 18.3 Å². The largest absolute Gasteiger partial charge is 0.573 e. The maximum absolute atomic E-state index is 12.0. The van der Waals surface area contributed by atoms with Gasteiger partial charge in [-0.05, 0) is 30.2 Å². The molecule has 0 fully saturated rings. The highest BCUT2D eigenvalue weighted by Gasteiger charge is 2.30. The first-order valence-corrected chi connectivity index (χ1v) is 5.92. The van der Waals surface area contributed by atoms with Crippen molar-refractivity contribution in [2.75, 3.05) is 6.61 Å². The highest BCUT2D eigenvalue weighted by molar-refractivity contribution is 5.27. The van der Waals surface area contributed by atoms with Crippen LogP contribution in [0.25, 0.3) is 0 Å². The zero-order valence-electron chi connectivity index (χ0n) is 10.4. The Labute approximate surface area is 113 Å². The van der Waals surface area contributed by atoms with Crippen molar-refractivity contribution >= 4 is 0 Å². The Bertz CT molecular complexity index is 524. The fourth-order valence-corrected chi connectivity index (χ4v) is 1.84. The molecule has 0 aliphatic rings. The van der Waals surface area contributed by atoms with Crippen LogP contribution in [0, 0.1) is 0 Å². The van der Waals surface area contributed by atoms with Crippen LogP contribution < -0.4 is 4.74 Å². The smallest absolute Gasteiger partial charge is 0.406 e. The molecule has 1 aromatic carbocycles. The Morgan fingerprint density at radius 3 is 2.45 bits per heavy atom. The molecule has 20 heavy (non-hydrogen) atoms. The van der Waals surface area contributed by atoms with Crippen LogP contribution in [0.4, 0.5) is 13.2 Å². The van der Waals surface area contributed by atoms with Gasteiger partial charge in [-0.1, -0.05) is 12.1 Å². The van der Waals surface area contributed by atoms with Crippen LogP contribution in [0.2, 0.25) is 0 Å². The zero-order valence-corrected chi connectivity index (χ0v) is 10.4. The number of aliphatic hydroxyl groups excluding tert-OH is 1. The Balaban J connectivity index is 2.03. The number of hydrogen-bond donors (Lipinski definition) is 1. The van der Waals surface area contributed by atoms with Crippen molar-refractivity contribution in [3.63, 3.8) is 0 Å². The van der Waals surface area contributed by atoms with Gasteiger partial charge in [-0.25, -0.2) is 0 Å². The number of rotatable bonds is 5. The van der Waals surface area contributed by atoms with Gasteiger partial charge in [-0.2, -0.15) is 5.10 Å². The normalized spacial score (nSPS) is 13.2. The van der Waals surface area contributed by atoms with Crippen molar-refractivity contribution in [2.45, 2.75) is 18.8 Å². The number of benzene rings is 1. The fourth-order valence-electron chi connectivity index (χ4n) is 1.84. The van der Waals surface area contributed by atoms with Gasteiger partial charge in [0.2, 0.25) is 0 Å². The van der Waals surface area contributed by atoms with Gasteiger partial charge in [0, 0.05) is 12.4 Å². The predicted octanol–water partition coefficient (Wildman–Crippen LogP) is 2.56. The molecule has 1 heterocycles. The minimum atomic E-state index is -4.69. The molecule has 1 N–H and O–H groups in total. The van der Waals surface area contributed by atoms with Gasteiger partial charge in [-0.3, -0.25) is 4.68 Å². The van der Waals surface area contributed by atoms with E-state index in [1.165, 1.54) is 24.3 Å². The van der Waals surface area contributed by atoms with Gasteiger partial charge in [0.05, 0.1) is 12.6 Å². The van der Waals surface area contributed by atoms with Crippen molar-refractivity contribution in [1.82, 2.24) is 9.78 Å². The molecular weight excluding hydrogens is 273 g/mol. The van der Waals surface area contributed by atoms with E-state index < -0.39 is 6.36 Å². The molecule has 4 nitrogen and oxygen atoms in total. The average molecular weight is 286 g/mol. The summed E-state index contributed by atoms with van der Waals surface area (Å²) < 4.78 is 41.5. The number of alkyl halides is 3. The Kier molecular flexibility index (Phi) is 4.29. The molecule has 108 valence electrons. The Hall–Kier alpha value is -2.02. The SMILES string of the molecule is OCC(Cc1ccc(OC(F)(F)F)cc1)n1cccn1. The van der Waals surface area contributed by atoms with E-state index in [1.807, 2.05) is 0 Å². The molecule has 0 aliphatic heterocycles. The van der Waals surface area contributed by atoms with E-state index in [1.54, 1.807) is 23.1 Å². The molecule has 0 amide bonds. The third-order valence-corrected chi connectivity index (χ3v) is 2.74. The molecule has 1 atom stereocenters. The molecule has 0 saturated carbocycles. The summed E-state index contributed by atoms with van der Waals surface area (Å²) in [5.41, 5.74) is 0.786. The van der Waals surface area contributed by atoms with Crippen LogP contribution in [-0.4, -0.2) is 27.9 Å². The molecule has 1 aromatic heterocycles. The summed E-state index contributed by atoms with van der Waals surface area (Å²) in [5.74, 6) is -0.263. The molecule has 0 aliphatic carbocycles. The third-order valence-electron chi connectivity index (χ3n) is 2.74. The molecule has 2 rings (SSSR count). The number of nitrogens with zero attached hydrogens (tertiary/aromatic N) is 2. The Morgan fingerprint density at radius 1 is 1.25 bits per heavy atom. The molecule has 0 spiro atoms. The lowest BCUT2D eigenvalue weighted by Gasteiger charge is -2.15. The van der Waals surface area contributed by atoms with Crippen molar-refractivity contribution in [1.29, 1.82) is 0 Å². The van der Waals surface area contributed by atoms with Crippen LogP contribution in [0.3, 0.4) is 0 Å². The van der Waals surface area contributed by atoms with E-state index in [4.69, 9.17) is 0 Å². The van der Waals surface area contributed by atoms with Gasteiger partial charge in [0.15, 0.2) is 0 Å². The number of aliphatic hydroxyl groups is 1. The summed E-state index contributed by atoms with van der Waals surface area (Å²) in [5, 5.41) is 13.4. The van der Waals surface area contributed by atoms with E-state index in [-0.39, 0.29) is 18.4 Å². The number of hydrogen-bond acceptors (Lipinski definition) is 3. The third kappa shape index (κ3) is 3.99. The number of aromatic nitrogens is 2. The average Bonchev–Trinajstić information content (AvgIpc) is 2.90. The van der Waals surface area contributed by atoms with Crippen LogP contribution in [-0.2, 0) is 6.42 Å². The first-order chi connectivity index (χ1) is 9.48. The van der Waals surface area contributed by atoms with E-state index >= 15 is 0 Å². The highest BCUT2D eigenvalue weighted by Crippen LogP contribution is 2.23. The Morgan fingerprint density at radius 2 is 1.95 bits per heavy atom.